The van der Waals surface area contributed by atoms with Crippen LogP contribution in [0.15, 0.2) is 21.3 Å². The van der Waals surface area contributed by atoms with E-state index >= 15 is 0 Å². The van der Waals surface area contributed by atoms with Crippen LogP contribution in [0.3, 0.4) is 0 Å². The molecule has 1 fully saturated rings. The van der Waals surface area contributed by atoms with Crippen molar-refractivity contribution in [3.05, 3.63) is 34.1 Å². The van der Waals surface area contributed by atoms with Crippen molar-refractivity contribution in [3.8, 4) is 0 Å². The summed E-state index contributed by atoms with van der Waals surface area (Å²) < 4.78 is 11.0. The quantitative estimate of drug-likeness (QED) is 0.923. The second-order valence-corrected chi connectivity index (χ2v) is 5.77. The van der Waals surface area contributed by atoms with E-state index in [0.717, 1.165) is 13.1 Å². The molecular weight excluding hydrogens is 312 g/mol. The van der Waals surface area contributed by atoms with E-state index in [1.165, 1.54) is 5.56 Å². The van der Waals surface area contributed by atoms with Gasteiger partial charge in [0.25, 0.3) is 0 Å². The van der Waals surface area contributed by atoms with Gasteiger partial charge < -0.3 is 15.0 Å². The predicted octanol–water partition coefficient (Wildman–Crippen LogP) is 1.97. The van der Waals surface area contributed by atoms with Crippen LogP contribution in [0.2, 0.25) is 0 Å². The number of ether oxygens (including phenoxy) is 1. The summed E-state index contributed by atoms with van der Waals surface area (Å²) in [6.07, 6.45) is 0.306. The molecule has 1 aliphatic heterocycles. The molecule has 0 aromatic carbocycles. The predicted molar refractivity (Wildman–Crippen MR) is 82.3 cm³/mol. The van der Waals surface area contributed by atoms with Crippen molar-refractivity contribution in [1.29, 1.82) is 0 Å². The van der Waals surface area contributed by atoms with E-state index in [1.54, 1.807) is 11.3 Å². The van der Waals surface area contributed by atoms with E-state index in [1.807, 2.05) is 0 Å². The molecule has 2 aromatic rings. The number of nitrogens with zero attached hydrogens (tertiary/aromatic N) is 3. The Bertz CT molecular complexity index is 548. The highest BCUT2D eigenvalue weighted by molar-refractivity contribution is 7.07. The van der Waals surface area contributed by atoms with E-state index in [9.17, 15) is 0 Å². The Hall–Kier alpha value is -0.990. The molecular formula is C13H19ClN4O2S. The smallest absolute Gasteiger partial charge is 0.240 e. The Morgan fingerprint density at radius 3 is 3.00 bits per heavy atom. The first-order valence-electron chi connectivity index (χ1n) is 6.66. The minimum absolute atomic E-state index is 0. The van der Waals surface area contributed by atoms with Crippen molar-refractivity contribution >= 4 is 23.7 Å². The van der Waals surface area contributed by atoms with Gasteiger partial charge >= 0.3 is 0 Å². The first-order valence-corrected chi connectivity index (χ1v) is 7.60. The molecule has 21 heavy (non-hydrogen) atoms. The zero-order valence-corrected chi connectivity index (χ0v) is 13.4. The molecule has 3 heterocycles. The summed E-state index contributed by atoms with van der Waals surface area (Å²) in [5.74, 6) is 1.17. The summed E-state index contributed by atoms with van der Waals surface area (Å²) in [6.45, 7) is 4.75. The third-order valence-electron chi connectivity index (χ3n) is 3.30. The highest BCUT2D eigenvalue weighted by Crippen LogP contribution is 2.27. The summed E-state index contributed by atoms with van der Waals surface area (Å²) in [4.78, 5) is 6.55. The lowest BCUT2D eigenvalue weighted by Gasteiger charge is -2.36. The number of thiophene rings is 1. The highest BCUT2D eigenvalue weighted by atomic mass is 35.5. The van der Waals surface area contributed by atoms with Gasteiger partial charge in [0.05, 0.1) is 25.3 Å². The van der Waals surface area contributed by atoms with Gasteiger partial charge in [-0.2, -0.15) is 16.3 Å². The van der Waals surface area contributed by atoms with Gasteiger partial charge in [-0.1, -0.05) is 5.16 Å². The molecule has 6 nitrogen and oxygen atoms in total. The van der Waals surface area contributed by atoms with E-state index < -0.39 is 0 Å². The van der Waals surface area contributed by atoms with Crippen molar-refractivity contribution in [2.45, 2.75) is 32.2 Å². The van der Waals surface area contributed by atoms with Crippen LogP contribution in [-0.2, 0) is 17.8 Å². The van der Waals surface area contributed by atoms with E-state index in [4.69, 9.17) is 15.0 Å². The highest BCUT2D eigenvalue weighted by Gasteiger charge is 2.27. The molecule has 2 aromatic heterocycles. The fourth-order valence-corrected chi connectivity index (χ4v) is 3.15. The van der Waals surface area contributed by atoms with Crippen LogP contribution in [0.1, 0.15) is 30.3 Å². The molecule has 0 bridgehead atoms. The average molecular weight is 331 g/mol. The molecule has 0 amide bonds. The van der Waals surface area contributed by atoms with Gasteiger partial charge in [0, 0.05) is 13.1 Å². The molecule has 0 aliphatic carbocycles. The van der Waals surface area contributed by atoms with E-state index in [2.05, 4.69) is 38.8 Å². The van der Waals surface area contributed by atoms with Crippen LogP contribution in [0.25, 0.3) is 0 Å². The van der Waals surface area contributed by atoms with Crippen LogP contribution < -0.4 is 5.73 Å². The molecule has 1 aliphatic rings. The van der Waals surface area contributed by atoms with E-state index in [-0.39, 0.29) is 31.2 Å². The second kappa shape index (κ2) is 7.33. The standard InChI is InChI=1S/C13H18N4O2S.ClH/c1-9-5-17(7-12-15-13(4-14)19-16-12)6-11(18-9)10-2-3-20-8-10;/h2-3,8-9,11H,4-7,14H2,1H3;1H. The van der Waals surface area contributed by atoms with Gasteiger partial charge in [-0.15, -0.1) is 12.4 Å². The van der Waals surface area contributed by atoms with Crippen molar-refractivity contribution in [2.24, 2.45) is 5.73 Å². The lowest BCUT2D eigenvalue weighted by molar-refractivity contribution is -0.0819. The molecule has 2 unspecified atom stereocenters. The Kier molecular flexibility index (Phi) is 5.72. The minimum Gasteiger partial charge on any atom is -0.368 e. The van der Waals surface area contributed by atoms with Gasteiger partial charge in [-0.05, 0) is 29.3 Å². The number of nitrogens with two attached hydrogens (primary N) is 1. The molecule has 1 saturated heterocycles. The SMILES string of the molecule is CC1CN(Cc2noc(CN)n2)CC(c2ccsc2)O1.Cl. The van der Waals surface area contributed by atoms with Gasteiger partial charge in [0.2, 0.25) is 5.89 Å². The van der Waals surface area contributed by atoms with Crippen molar-refractivity contribution in [1.82, 2.24) is 15.0 Å². The molecule has 2 N–H and O–H groups in total. The van der Waals surface area contributed by atoms with E-state index in [0.29, 0.717) is 18.3 Å². The minimum atomic E-state index is 0. The largest absolute Gasteiger partial charge is 0.368 e. The fraction of sp³-hybridized carbons (Fsp3) is 0.538. The lowest BCUT2D eigenvalue weighted by Crippen LogP contribution is -2.42. The number of hydrogen-bond acceptors (Lipinski definition) is 7. The van der Waals surface area contributed by atoms with Crippen LogP contribution >= 0.6 is 23.7 Å². The number of aromatic nitrogens is 2. The zero-order chi connectivity index (χ0) is 13.9. The maximum atomic E-state index is 6.01. The summed E-state index contributed by atoms with van der Waals surface area (Å²) >= 11 is 1.69. The monoisotopic (exact) mass is 330 g/mol. The second-order valence-electron chi connectivity index (χ2n) is 4.99. The van der Waals surface area contributed by atoms with Crippen LogP contribution in [0, 0.1) is 0 Å². The zero-order valence-electron chi connectivity index (χ0n) is 11.8. The Morgan fingerprint density at radius 2 is 2.33 bits per heavy atom. The third kappa shape index (κ3) is 4.02. The number of hydrogen-bond donors (Lipinski definition) is 1. The van der Waals surface area contributed by atoms with Gasteiger partial charge in [-0.25, -0.2) is 0 Å². The van der Waals surface area contributed by atoms with Crippen LogP contribution in [0.4, 0.5) is 0 Å². The van der Waals surface area contributed by atoms with Crippen LogP contribution in [-0.4, -0.2) is 34.2 Å². The molecule has 0 saturated carbocycles. The molecule has 8 heteroatoms. The Labute approximate surface area is 133 Å². The summed E-state index contributed by atoms with van der Waals surface area (Å²) in [5.41, 5.74) is 6.71. The van der Waals surface area contributed by atoms with Crippen molar-refractivity contribution in [2.75, 3.05) is 13.1 Å². The fourth-order valence-electron chi connectivity index (χ4n) is 2.45. The Morgan fingerprint density at radius 1 is 1.48 bits per heavy atom. The Balaban J connectivity index is 0.00000161. The van der Waals surface area contributed by atoms with Gasteiger partial charge in [-0.3, -0.25) is 4.90 Å². The maximum absolute atomic E-state index is 6.01. The normalized spacial score (nSPS) is 23.0. The maximum Gasteiger partial charge on any atom is 0.240 e. The average Bonchev–Trinajstić information content (AvgIpc) is 3.09. The van der Waals surface area contributed by atoms with Crippen molar-refractivity contribution < 1.29 is 9.26 Å². The first kappa shape index (κ1) is 16.4. The summed E-state index contributed by atoms with van der Waals surface area (Å²) in [7, 11) is 0. The lowest BCUT2D eigenvalue weighted by atomic mass is 10.1. The molecule has 2 atom stereocenters. The number of rotatable bonds is 4. The molecule has 0 spiro atoms. The molecule has 3 rings (SSSR count). The van der Waals surface area contributed by atoms with Gasteiger partial charge in [0.15, 0.2) is 5.82 Å². The third-order valence-corrected chi connectivity index (χ3v) is 4.00. The van der Waals surface area contributed by atoms with Crippen LogP contribution in [0.5, 0.6) is 0 Å². The number of morpholine rings is 1. The summed E-state index contributed by atoms with van der Waals surface area (Å²) in [5, 5.41) is 8.17. The van der Waals surface area contributed by atoms with Crippen molar-refractivity contribution in [3.63, 3.8) is 0 Å². The molecule has 0 radical (unpaired) electrons. The topological polar surface area (TPSA) is 77.4 Å². The van der Waals surface area contributed by atoms with Gasteiger partial charge in [0.1, 0.15) is 0 Å². The molecule has 116 valence electrons. The number of halogens is 1. The first-order chi connectivity index (χ1) is 9.74. The summed E-state index contributed by atoms with van der Waals surface area (Å²) in [6, 6.07) is 2.12.